The standard InChI is InChI=1S/C20H22FN3O3.ClH/c21-14-3-1-13(2-4-14)20(26)23-19-16-11-15(24-9-7-22-8-10-24)5-6-18(16)27-12-17(19)25;/h1-6,11,17,19,22,25H,7-10,12H2,(H,23,26);1H/t17-,19-;/m0./s1. The van der Waals surface area contributed by atoms with Gasteiger partial charge in [-0.2, -0.15) is 0 Å². The van der Waals surface area contributed by atoms with Crippen LogP contribution in [0.15, 0.2) is 42.5 Å². The molecule has 3 N–H and O–H groups in total. The zero-order valence-electron chi connectivity index (χ0n) is 15.2. The smallest absolute Gasteiger partial charge is 0.251 e. The fourth-order valence-corrected chi connectivity index (χ4v) is 3.51. The number of aliphatic hydroxyl groups is 1. The molecule has 6 nitrogen and oxygen atoms in total. The van der Waals surface area contributed by atoms with Gasteiger partial charge in [0.25, 0.3) is 5.91 Å². The summed E-state index contributed by atoms with van der Waals surface area (Å²) in [6, 6.07) is 10.6. The molecule has 0 radical (unpaired) electrons. The third-order valence-electron chi connectivity index (χ3n) is 5.00. The Morgan fingerprint density at radius 2 is 1.89 bits per heavy atom. The normalized spacial score (nSPS) is 21.1. The average molecular weight is 408 g/mol. The number of nitrogens with zero attached hydrogens (tertiary/aromatic N) is 1. The molecule has 8 heteroatoms. The summed E-state index contributed by atoms with van der Waals surface area (Å²) >= 11 is 0. The predicted molar refractivity (Wildman–Crippen MR) is 107 cm³/mol. The second-order valence-electron chi connectivity index (χ2n) is 6.80. The molecule has 2 aromatic rings. The highest BCUT2D eigenvalue weighted by Gasteiger charge is 2.32. The van der Waals surface area contributed by atoms with Crippen molar-refractivity contribution >= 4 is 24.0 Å². The zero-order valence-corrected chi connectivity index (χ0v) is 16.0. The van der Waals surface area contributed by atoms with E-state index in [1.807, 2.05) is 18.2 Å². The Hall–Kier alpha value is -2.35. The number of benzene rings is 2. The predicted octanol–water partition coefficient (Wildman–Crippen LogP) is 1.88. The van der Waals surface area contributed by atoms with E-state index in [2.05, 4.69) is 15.5 Å². The molecule has 0 aromatic heterocycles. The lowest BCUT2D eigenvalue weighted by Gasteiger charge is -2.34. The summed E-state index contributed by atoms with van der Waals surface area (Å²) in [5.74, 6) is -0.105. The van der Waals surface area contributed by atoms with E-state index < -0.39 is 18.0 Å². The van der Waals surface area contributed by atoms with Crippen LogP contribution in [0.25, 0.3) is 0 Å². The number of halogens is 2. The first kappa shape index (κ1) is 20.4. The van der Waals surface area contributed by atoms with Gasteiger partial charge in [0.15, 0.2) is 0 Å². The maximum Gasteiger partial charge on any atom is 0.251 e. The number of rotatable bonds is 3. The van der Waals surface area contributed by atoms with Crippen molar-refractivity contribution in [2.45, 2.75) is 12.1 Å². The van der Waals surface area contributed by atoms with Crippen LogP contribution in [0, 0.1) is 5.82 Å². The van der Waals surface area contributed by atoms with Crippen molar-refractivity contribution in [3.63, 3.8) is 0 Å². The van der Waals surface area contributed by atoms with Gasteiger partial charge in [-0.25, -0.2) is 4.39 Å². The molecule has 150 valence electrons. The largest absolute Gasteiger partial charge is 0.490 e. The van der Waals surface area contributed by atoms with Gasteiger partial charge in [0, 0.05) is 43.0 Å². The highest BCUT2D eigenvalue weighted by atomic mass is 35.5. The molecule has 2 aliphatic heterocycles. The summed E-state index contributed by atoms with van der Waals surface area (Å²) in [5, 5.41) is 16.6. The minimum atomic E-state index is -0.861. The van der Waals surface area contributed by atoms with Gasteiger partial charge in [-0.1, -0.05) is 0 Å². The second-order valence-corrected chi connectivity index (χ2v) is 6.80. The van der Waals surface area contributed by atoms with Crippen molar-refractivity contribution in [1.82, 2.24) is 10.6 Å². The number of aliphatic hydroxyl groups excluding tert-OH is 1. The van der Waals surface area contributed by atoms with E-state index in [-0.39, 0.29) is 24.9 Å². The van der Waals surface area contributed by atoms with Crippen molar-refractivity contribution in [2.75, 3.05) is 37.7 Å². The van der Waals surface area contributed by atoms with Crippen molar-refractivity contribution in [3.05, 3.63) is 59.4 Å². The van der Waals surface area contributed by atoms with E-state index in [0.29, 0.717) is 11.3 Å². The zero-order chi connectivity index (χ0) is 18.8. The molecule has 4 rings (SSSR count). The Morgan fingerprint density at radius 3 is 2.61 bits per heavy atom. The summed E-state index contributed by atoms with van der Waals surface area (Å²) in [6.07, 6.45) is -0.861. The van der Waals surface area contributed by atoms with Gasteiger partial charge in [-0.3, -0.25) is 4.79 Å². The SMILES string of the molecule is Cl.O=C(N[C@H]1c2cc(N3CCNCC3)ccc2OC[C@@H]1O)c1ccc(F)cc1. The molecule has 2 atom stereocenters. The topological polar surface area (TPSA) is 73.8 Å². The Labute approximate surface area is 169 Å². The molecule has 0 aliphatic carbocycles. The van der Waals surface area contributed by atoms with Crippen molar-refractivity contribution in [3.8, 4) is 5.75 Å². The van der Waals surface area contributed by atoms with Gasteiger partial charge in [0.1, 0.15) is 24.3 Å². The van der Waals surface area contributed by atoms with Crippen molar-refractivity contribution in [2.24, 2.45) is 0 Å². The molecule has 1 saturated heterocycles. The van der Waals surface area contributed by atoms with Crippen LogP contribution in [-0.2, 0) is 0 Å². The monoisotopic (exact) mass is 407 g/mol. The fraction of sp³-hybridized carbons (Fsp3) is 0.350. The van der Waals surface area contributed by atoms with E-state index in [1.54, 1.807) is 0 Å². The number of hydrogen-bond donors (Lipinski definition) is 3. The number of piperazine rings is 1. The summed E-state index contributed by atoms with van der Waals surface area (Å²) in [6.45, 7) is 3.74. The first-order chi connectivity index (χ1) is 13.1. The van der Waals surface area contributed by atoms with Crippen LogP contribution in [0.4, 0.5) is 10.1 Å². The molecule has 1 amide bonds. The molecule has 0 bridgehead atoms. The summed E-state index contributed by atoms with van der Waals surface area (Å²) in [5.41, 5.74) is 2.13. The molecular weight excluding hydrogens is 385 g/mol. The second kappa shape index (κ2) is 8.77. The third kappa shape index (κ3) is 4.22. The van der Waals surface area contributed by atoms with Crippen molar-refractivity contribution in [1.29, 1.82) is 0 Å². The van der Waals surface area contributed by atoms with Crippen LogP contribution >= 0.6 is 12.4 Å². The van der Waals surface area contributed by atoms with Crippen LogP contribution in [0.5, 0.6) is 5.75 Å². The number of ether oxygens (including phenoxy) is 1. The first-order valence-electron chi connectivity index (χ1n) is 9.09. The van der Waals surface area contributed by atoms with Crippen LogP contribution in [0.3, 0.4) is 0 Å². The molecular formula is C20H23ClFN3O3. The molecule has 0 saturated carbocycles. The number of nitrogens with one attached hydrogen (secondary N) is 2. The van der Waals surface area contributed by atoms with Gasteiger partial charge in [0.2, 0.25) is 0 Å². The van der Waals surface area contributed by atoms with Gasteiger partial charge >= 0.3 is 0 Å². The van der Waals surface area contributed by atoms with Crippen molar-refractivity contribution < 1.29 is 19.0 Å². The van der Waals surface area contributed by atoms with Crippen LogP contribution < -0.4 is 20.3 Å². The number of hydrogen-bond acceptors (Lipinski definition) is 5. The quantitative estimate of drug-likeness (QED) is 0.724. The highest BCUT2D eigenvalue weighted by Crippen LogP contribution is 2.35. The summed E-state index contributed by atoms with van der Waals surface area (Å²) < 4.78 is 18.7. The fourth-order valence-electron chi connectivity index (χ4n) is 3.51. The van der Waals surface area contributed by atoms with Gasteiger partial charge < -0.3 is 25.4 Å². The Bertz CT molecular complexity index is 828. The highest BCUT2D eigenvalue weighted by molar-refractivity contribution is 5.94. The van der Waals surface area contributed by atoms with E-state index in [4.69, 9.17) is 4.74 Å². The third-order valence-corrected chi connectivity index (χ3v) is 5.00. The lowest BCUT2D eigenvalue weighted by Crippen LogP contribution is -2.44. The Morgan fingerprint density at radius 1 is 1.18 bits per heavy atom. The van der Waals surface area contributed by atoms with Crippen LogP contribution in [0.2, 0.25) is 0 Å². The number of amides is 1. The molecule has 2 aliphatic rings. The number of carbonyl (C=O) groups is 1. The molecule has 2 aromatic carbocycles. The molecule has 0 unspecified atom stereocenters. The lowest BCUT2D eigenvalue weighted by molar-refractivity contribution is 0.0502. The van der Waals surface area contributed by atoms with E-state index in [0.717, 1.165) is 37.4 Å². The van der Waals surface area contributed by atoms with Crippen LogP contribution in [0.1, 0.15) is 22.0 Å². The minimum Gasteiger partial charge on any atom is -0.490 e. The molecule has 28 heavy (non-hydrogen) atoms. The van der Waals surface area contributed by atoms with E-state index >= 15 is 0 Å². The van der Waals surface area contributed by atoms with Gasteiger partial charge in [0.05, 0.1) is 6.04 Å². The molecule has 2 heterocycles. The van der Waals surface area contributed by atoms with Gasteiger partial charge in [-0.15, -0.1) is 12.4 Å². The Kier molecular flexibility index (Phi) is 6.39. The minimum absolute atomic E-state index is 0. The molecule has 0 spiro atoms. The van der Waals surface area contributed by atoms with Gasteiger partial charge in [-0.05, 0) is 42.5 Å². The number of carbonyl (C=O) groups excluding carboxylic acids is 1. The maximum absolute atomic E-state index is 13.1. The number of fused-ring (bicyclic) bond motifs is 1. The lowest BCUT2D eigenvalue weighted by atomic mass is 9.96. The Balaban J connectivity index is 0.00000225. The van der Waals surface area contributed by atoms with Crippen LogP contribution in [-0.4, -0.2) is 49.9 Å². The van der Waals surface area contributed by atoms with E-state index in [9.17, 15) is 14.3 Å². The first-order valence-corrected chi connectivity index (χ1v) is 9.09. The average Bonchev–Trinajstić information content (AvgIpc) is 2.71. The number of anilines is 1. The summed E-state index contributed by atoms with van der Waals surface area (Å²) in [7, 11) is 0. The maximum atomic E-state index is 13.1. The summed E-state index contributed by atoms with van der Waals surface area (Å²) in [4.78, 5) is 14.8. The molecule has 1 fully saturated rings. The van der Waals surface area contributed by atoms with E-state index in [1.165, 1.54) is 24.3 Å².